The maximum absolute atomic E-state index is 5.87. The van der Waals surface area contributed by atoms with Crippen LogP contribution in [0.15, 0.2) is 48.7 Å². The topological polar surface area (TPSA) is 34.1 Å². The highest BCUT2D eigenvalue weighted by Gasteiger charge is 2.18. The molecule has 3 heteroatoms. The van der Waals surface area contributed by atoms with Crippen molar-refractivity contribution in [2.45, 2.75) is 27.3 Å². The Morgan fingerprint density at radius 3 is 2.62 bits per heavy atom. The van der Waals surface area contributed by atoms with E-state index >= 15 is 0 Å². The van der Waals surface area contributed by atoms with Gasteiger partial charge in [0.1, 0.15) is 5.75 Å². The molecule has 1 aromatic carbocycles. The average molecular weight is 284 g/mol. The van der Waals surface area contributed by atoms with E-state index in [0.717, 1.165) is 24.5 Å². The summed E-state index contributed by atoms with van der Waals surface area (Å²) in [5.41, 5.74) is 2.36. The van der Waals surface area contributed by atoms with Gasteiger partial charge >= 0.3 is 0 Å². The van der Waals surface area contributed by atoms with Crippen LogP contribution in [-0.4, -0.2) is 18.1 Å². The number of hydrogen-bond donors (Lipinski definition) is 1. The highest BCUT2D eigenvalue weighted by molar-refractivity contribution is 5.21. The normalized spacial score (nSPS) is 11.4. The van der Waals surface area contributed by atoms with Gasteiger partial charge in [0, 0.05) is 36.5 Å². The third-order valence-electron chi connectivity index (χ3n) is 3.27. The molecule has 2 aromatic rings. The van der Waals surface area contributed by atoms with Crippen molar-refractivity contribution in [1.82, 2.24) is 10.3 Å². The number of aromatic nitrogens is 1. The van der Waals surface area contributed by atoms with E-state index in [1.807, 2.05) is 25.1 Å². The summed E-state index contributed by atoms with van der Waals surface area (Å²) in [5, 5.41) is 3.50. The maximum atomic E-state index is 5.87. The Kier molecular flexibility index (Phi) is 5.34. The molecule has 0 bridgehead atoms. The minimum atomic E-state index is 0.0754. The number of aryl methyl sites for hydroxylation is 1. The van der Waals surface area contributed by atoms with Gasteiger partial charge in [-0.3, -0.25) is 4.98 Å². The number of rotatable bonds is 7. The Hall–Kier alpha value is -1.87. The van der Waals surface area contributed by atoms with Crippen molar-refractivity contribution in [3.63, 3.8) is 0 Å². The Morgan fingerprint density at radius 2 is 1.90 bits per heavy atom. The Bertz CT molecular complexity index is 552. The Morgan fingerprint density at radius 1 is 1.14 bits per heavy atom. The molecule has 0 aliphatic rings. The van der Waals surface area contributed by atoms with E-state index in [-0.39, 0.29) is 5.41 Å². The lowest BCUT2D eigenvalue weighted by Crippen LogP contribution is -2.34. The summed E-state index contributed by atoms with van der Waals surface area (Å²) in [7, 11) is 0. The molecule has 112 valence electrons. The number of ether oxygens (including phenoxy) is 1. The molecule has 3 nitrogen and oxygen atoms in total. The minimum absolute atomic E-state index is 0.0754. The van der Waals surface area contributed by atoms with Crippen LogP contribution < -0.4 is 10.1 Å². The third-order valence-corrected chi connectivity index (χ3v) is 3.27. The molecular weight excluding hydrogens is 260 g/mol. The summed E-state index contributed by atoms with van der Waals surface area (Å²) in [4.78, 5) is 4.18. The molecule has 1 heterocycles. The second-order valence-electron chi connectivity index (χ2n) is 6.17. The van der Waals surface area contributed by atoms with Crippen molar-refractivity contribution in [2.75, 3.05) is 13.2 Å². The van der Waals surface area contributed by atoms with E-state index in [9.17, 15) is 0 Å². The first kappa shape index (κ1) is 15.5. The number of hydrogen-bond acceptors (Lipinski definition) is 3. The van der Waals surface area contributed by atoms with Gasteiger partial charge in [-0.25, -0.2) is 0 Å². The van der Waals surface area contributed by atoms with Gasteiger partial charge in [0.15, 0.2) is 0 Å². The average Bonchev–Trinajstić information content (AvgIpc) is 2.46. The van der Waals surface area contributed by atoms with Crippen LogP contribution >= 0.6 is 0 Å². The fourth-order valence-corrected chi connectivity index (χ4v) is 2.08. The molecule has 0 saturated heterocycles. The molecule has 0 fully saturated rings. The standard InChI is InChI=1S/C18H24N2O/c1-15-11-17(9-10-20-15)21-14-18(2,3)13-19-12-16-7-5-4-6-8-16/h4-11,19H,12-14H2,1-3H3. The lowest BCUT2D eigenvalue weighted by molar-refractivity contribution is 0.176. The molecule has 1 N–H and O–H groups in total. The molecule has 1 aromatic heterocycles. The van der Waals surface area contributed by atoms with Gasteiger partial charge in [-0.2, -0.15) is 0 Å². The zero-order valence-corrected chi connectivity index (χ0v) is 13.1. The number of nitrogens with one attached hydrogen (secondary N) is 1. The second-order valence-corrected chi connectivity index (χ2v) is 6.17. The van der Waals surface area contributed by atoms with Gasteiger partial charge in [-0.15, -0.1) is 0 Å². The van der Waals surface area contributed by atoms with E-state index in [0.29, 0.717) is 6.61 Å². The summed E-state index contributed by atoms with van der Waals surface area (Å²) in [6.07, 6.45) is 1.78. The van der Waals surface area contributed by atoms with Crippen LogP contribution in [0.3, 0.4) is 0 Å². The van der Waals surface area contributed by atoms with Crippen LogP contribution in [0.25, 0.3) is 0 Å². The van der Waals surface area contributed by atoms with E-state index in [1.54, 1.807) is 6.20 Å². The monoisotopic (exact) mass is 284 g/mol. The van der Waals surface area contributed by atoms with Gasteiger partial charge in [-0.1, -0.05) is 44.2 Å². The zero-order valence-electron chi connectivity index (χ0n) is 13.1. The van der Waals surface area contributed by atoms with Gasteiger partial charge in [0.25, 0.3) is 0 Å². The molecule has 0 unspecified atom stereocenters. The predicted octanol–water partition coefficient (Wildman–Crippen LogP) is 3.58. The van der Waals surface area contributed by atoms with Crippen LogP contribution in [0.1, 0.15) is 25.1 Å². The first-order valence-corrected chi connectivity index (χ1v) is 7.35. The fraction of sp³-hybridized carbons (Fsp3) is 0.389. The number of pyridine rings is 1. The lowest BCUT2D eigenvalue weighted by Gasteiger charge is -2.25. The van der Waals surface area contributed by atoms with Gasteiger partial charge < -0.3 is 10.1 Å². The summed E-state index contributed by atoms with van der Waals surface area (Å²) < 4.78 is 5.87. The summed E-state index contributed by atoms with van der Waals surface area (Å²) in [5.74, 6) is 0.888. The minimum Gasteiger partial charge on any atom is -0.493 e. The van der Waals surface area contributed by atoms with E-state index in [1.165, 1.54) is 5.56 Å². The van der Waals surface area contributed by atoms with Crippen molar-refractivity contribution in [2.24, 2.45) is 5.41 Å². The first-order valence-electron chi connectivity index (χ1n) is 7.35. The van der Waals surface area contributed by atoms with Crippen LogP contribution in [0.4, 0.5) is 0 Å². The van der Waals surface area contributed by atoms with Crippen molar-refractivity contribution in [3.05, 3.63) is 59.9 Å². The quantitative estimate of drug-likeness (QED) is 0.843. The van der Waals surface area contributed by atoms with E-state index in [4.69, 9.17) is 4.74 Å². The van der Waals surface area contributed by atoms with Gasteiger partial charge in [0.2, 0.25) is 0 Å². The van der Waals surface area contributed by atoms with Crippen molar-refractivity contribution in [1.29, 1.82) is 0 Å². The molecule has 0 saturated carbocycles. The van der Waals surface area contributed by atoms with Gasteiger partial charge in [0.05, 0.1) is 6.61 Å². The fourth-order valence-electron chi connectivity index (χ4n) is 2.08. The third kappa shape index (κ3) is 5.56. The molecular formula is C18H24N2O. The largest absolute Gasteiger partial charge is 0.493 e. The number of nitrogens with zero attached hydrogens (tertiary/aromatic N) is 1. The Balaban J connectivity index is 1.76. The second kappa shape index (κ2) is 7.23. The van der Waals surface area contributed by atoms with Gasteiger partial charge in [-0.05, 0) is 18.6 Å². The first-order chi connectivity index (χ1) is 10.1. The number of benzene rings is 1. The highest BCUT2D eigenvalue weighted by Crippen LogP contribution is 2.18. The molecule has 0 aliphatic carbocycles. The van der Waals surface area contributed by atoms with Crippen molar-refractivity contribution in [3.8, 4) is 5.75 Å². The van der Waals surface area contributed by atoms with Crippen LogP contribution in [0.5, 0.6) is 5.75 Å². The zero-order chi connectivity index (χ0) is 15.1. The SMILES string of the molecule is Cc1cc(OCC(C)(C)CNCc2ccccc2)ccn1. The molecule has 2 rings (SSSR count). The van der Waals surface area contributed by atoms with E-state index < -0.39 is 0 Å². The van der Waals surface area contributed by atoms with Crippen LogP contribution in [-0.2, 0) is 6.54 Å². The van der Waals surface area contributed by atoms with Crippen LogP contribution in [0, 0.1) is 12.3 Å². The smallest absolute Gasteiger partial charge is 0.122 e. The summed E-state index contributed by atoms with van der Waals surface area (Å²) in [6.45, 7) is 8.86. The Labute approximate surface area is 127 Å². The lowest BCUT2D eigenvalue weighted by atomic mass is 9.94. The van der Waals surface area contributed by atoms with Crippen LogP contribution in [0.2, 0.25) is 0 Å². The molecule has 0 aliphatic heterocycles. The highest BCUT2D eigenvalue weighted by atomic mass is 16.5. The van der Waals surface area contributed by atoms with Crippen molar-refractivity contribution >= 4 is 0 Å². The molecule has 21 heavy (non-hydrogen) atoms. The maximum Gasteiger partial charge on any atom is 0.122 e. The summed E-state index contributed by atoms with van der Waals surface area (Å²) in [6, 6.07) is 14.3. The predicted molar refractivity (Wildman–Crippen MR) is 86.4 cm³/mol. The molecule has 0 spiro atoms. The van der Waals surface area contributed by atoms with E-state index in [2.05, 4.69) is 48.4 Å². The van der Waals surface area contributed by atoms with Crippen molar-refractivity contribution < 1.29 is 4.74 Å². The molecule has 0 atom stereocenters. The molecule has 0 amide bonds. The summed E-state index contributed by atoms with van der Waals surface area (Å²) >= 11 is 0. The molecule has 0 radical (unpaired) electrons.